The number of aromatic nitrogens is 5. The summed E-state index contributed by atoms with van der Waals surface area (Å²) in [5, 5.41) is 12.8. The van der Waals surface area contributed by atoms with E-state index in [1.165, 1.54) is 12.1 Å². The van der Waals surface area contributed by atoms with Crippen molar-refractivity contribution >= 4 is 0 Å². The van der Waals surface area contributed by atoms with E-state index in [1.54, 1.807) is 24.6 Å². The SMILES string of the molecule is CC(CF)c1nc(C23CCC(c4nnc(-c5ccccc5C(F)(F)F)n4C)(CC2)CC3)no1. The maximum absolute atomic E-state index is 13.6. The zero-order chi connectivity index (χ0) is 23.4. The molecule has 0 aliphatic heterocycles. The summed E-state index contributed by atoms with van der Waals surface area (Å²) in [6.07, 6.45) is 0.401. The molecule has 0 saturated heterocycles. The average molecular weight is 463 g/mol. The number of nitrogens with zero attached hydrogens (tertiary/aromatic N) is 5. The van der Waals surface area contributed by atoms with Crippen molar-refractivity contribution in [1.82, 2.24) is 24.9 Å². The van der Waals surface area contributed by atoms with Crippen molar-refractivity contribution in [3.05, 3.63) is 47.4 Å². The van der Waals surface area contributed by atoms with Gasteiger partial charge in [0.15, 0.2) is 11.6 Å². The number of alkyl halides is 4. The van der Waals surface area contributed by atoms with Crippen molar-refractivity contribution in [2.45, 2.75) is 68.4 Å². The molecule has 0 amide bonds. The average Bonchev–Trinajstić information content (AvgIpc) is 3.47. The van der Waals surface area contributed by atoms with Crippen LogP contribution in [0.2, 0.25) is 0 Å². The third-order valence-electron chi connectivity index (χ3n) is 7.64. The standard InChI is InChI=1S/C23H25F4N5O/c1-14(13-24)18-28-19(31-33-18)21-7-10-22(11-8-21,12-9-21)20-30-29-17(32(20)2)15-5-3-4-6-16(15)23(25,26)27/h3-6,14H,7-13H2,1-2H3. The highest BCUT2D eigenvalue weighted by Gasteiger charge is 2.54. The number of hydrogen-bond donors (Lipinski definition) is 0. The molecule has 1 aromatic carbocycles. The van der Waals surface area contributed by atoms with Crippen LogP contribution in [-0.2, 0) is 24.1 Å². The number of fused-ring (bicyclic) bond motifs is 3. The molecule has 0 radical (unpaired) electrons. The molecule has 1 atom stereocenters. The van der Waals surface area contributed by atoms with Gasteiger partial charge in [-0.1, -0.05) is 30.3 Å². The molecular formula is C23H25F4N5O. The van der Waals surface area contributed by atoms with Gasteiger partial charge in [-0.15, -0.1) is 10.2 Å². The smallest absolute Gasteiger partial charge is 0.339 e. The molecule has 2 heterocycles. The summed E-state index contributed by atoms with van der Waals surface area (Å²) in [6.45, 7) is 1.16. The molecule has 6 nitrogen and oxygen atoms in total. The Hall–Kier alpha value is -2.78. The Balaban J connectivity index is 1.43. The van der Waals surface area contributed by atoms with Gasteiger partial charge in [-0.3, -0.25) is 4.39 Å². The molecule has 0 spiro atoms. The first-order chi connectivity index (χ1) is 15.7. The maximum atomic E-state index is 13.6. The van der Waals surface area contributed by atoms with Crippen molar-refractivity contribution in [3.8, 4) is 11.4 Å². The summed E-state index contributed by atoms with van der Waals surface area (Å²) in [4.78, 5) is 4.50. The van der Waals surface area contributed by atoms with Crippen LogP contribution in [0.5, 0.6) is 0 Å². The van der Waals surface area contributed by atoms with Crippen molar-refractivity contribution in [2.75, 3.05) is 6.67 Å². The van der Waals surface area contributed by atoms with Gasteiger partial charge in [0.2, 0.25) is 5.89 Å². The first kappa shape index (κ1) is 22.0. The van der Waals surface area contributed by atoms with Crippen molar-refractivity contribution in [2.24, 2.45) is 7.05 Å². The zero-order valence-electron chi connectivity index (χ0n) is 18.5. The molecule has 3 aliphatic carbocycles. The van der Waals surface area contributed by atoms with Gasteiger partial charge < -0.3 is 9.09 Å². The van der Waals surface area contributed by atoms with E-state index in [0.717, 1.165) is 50.4 Å². The highest BCUT2D eigenvalue weighted by atomic mass is 19.4. The van der Waals surface area contributed by atoms with Crippen LogP contribution in [0.25, 0.3) is 11.4 Å². The van der Waals surface area contributed by atoms with Crippen LogP contribution in [0.1, 0.15) is 74.5 Å². The van der Waals surface area contributed by atoms with Crippen molar-refractivity contribution in [3.63, 3.8) is 0 Å². The molecule has 176 valence electrons. The van der Waals surface area contributed by atoms with Gasteiger partial charge in [-0.25, -0.2) is 0 Å². The highest BCUT2D eigenvalue weighted by molar-refractivity contribution is 5.61. The predicted molar refractivity (Wildman–Crippen MR) is 111 cm³/mol. The molecule has 0 N–H and O–H groups in total. The lowest BCUT2D eigenvalue weighted by Crippen LogP contribution is -2.48. The van der Waals surface area contributed by atoms with Gasteiger partial charge in [0.25, 0.3) is 0 Å². The Morgan fingerprint density at radius 2 is 1.67 bits per heavy atom. The first-order valence-corrected chi connectivity index (χ1v) is 11.2. The lowest BCUT2D eigenvalue weighted by atomic mass is 9.53. The number of halogens is 4. The molecule has 3 fully saturated rings. The molecule has 3 aromatic rings. The molecule has 6 rings (SSSR count). The van der Waals surface area contributed by atoms with E-state index in [0.29, 0.717) is 11.7 Å². The first-order valence-electron chi connectivity index (χ1n) is 11.2. The van der Waals surface area contributed by atoms with Crippen LogP contribution < -0.4 is 0 Å². The third-order valence-corrected chi connectivity index (χ3v) is 7.64. The highest BCUT2D eigenvalue weighted by Crippen LogP contribution is 2.58. The van der Waals surface area contributed by atoms with Crippen LogP contribution in [0.15, 0.2) is 28.8 Å². The Labute approximate surface area is 188 Å². The Morgan fingerprint density at radius 3 is 2.30 bits per heavy atom. The van der Waals surface area contributed by atoms with E-state index < -0.39 is 24.3 Å². The van der Waals surface area contributed by atoms with Crippen LogP contribution in [0.4, 0.5) is 17.6 Å². The van der Waals surface area contributed by atoms with Crippen LogP contribution >= 0.6 is 0 Å². The Morgan fingerprint density at radius 1 is 1.03 bits per heavy atom. The fraction of sp³-hybridized carbons (Fsp3) is 0.565. The molecule has 3 saturated carbocycles. The van der Waals surface area contributed by atoms with Crippen LogP contribution in [0.3, 0.4) is 0 Å². The fourth-order valence-electron chi connectivity index (χ4n) is 5.52. The van der Waals surface area contributed by atoms with E-state index in [2.05, 4.69) is 20.3 Å². The predicted octanol–water partition coefficient (Wildman–Crippen LogP) is 5.50. The summed E-state index contributed by atoms with van der Waals surface area (Å²) in [7, 11) is 1.74. The molecule has 2 bridgehead atoms. The molecule has 1 unspecified atom stereocenters. The Kier molecular flexibility index (Phi) is 5.10. The molecule has 10 heteroatoms. The quantitative estimate of drug-likeness (QED) is 0.468. The summed E-state index contributed by atoms with van der Waals surface area (Å²) >= 11 is 0. The zero-order valence-corrected chi connectivity index (χ0v) is 18.5. The summed E-state index contributed by atoms with van der Waals surface area (Å²) in [6, 6.07) is 5.46. The van der Waals surface area contributed by atoms with Gasteiger partial charge in [0.1, 0.15) is 12.5 Å². The summed E-state index contributed by atoms with van der Waals surface area (Å²) < 4.78 is 60.7. The normalized spacial score (nSPS) is 26.0. The van der Waals surface area contributed by atoms with Crippen molar-refractivity contribution < 1.29 is 22.1 Å². The lowest BCUT2D eigenvalue weighted by Gasteiger charge is -2.51. The van der Waals surface area contributed by atoms with Crippen molar-refractivity contribution in [1.29, 1.82) is 0 Å². The molecule has 2 aromatic heterocycles. The number of rotatable bonds is 5. The molecule has 33 heavy (non-hydrogen) atoms. The van der Waals surface area contributed by atoms with E-state index in [1.807, 2.05) is 0 Å². The van der Waals surface area contributed by atoms with Gasteiger partial charge >= 0.3 is 6.18 Å². The van der Waals surface area contributed by atoms with E-state index in [4.69, 9.17) is 4.52 Å². The minimum Gasteiger partial charge on any atom is -0.339 e. The number of hydrogen-bond acceptors (Lipinski definition) is 5. The van der Waals surface area contributed by atoms with Gasteiger partial charge in [-0.05, 0) is 44.6 Å². The fourth-order valence-corrected chi connectivity index (χ4v) is 5.52. The maximum Gasteiger partial charge on any atom is 0.417 e. The van der Waals surface area contributed by atoms with Gasteiger partial charge in [0, 0.05) is 23.4 Å². The van der Waals surface area contributed by atoms with Gasteiger partial charge in [-0.2, -0.15) is 18.2 Å². The molecule has 3 aliphatic rings. The van der Waals surface area contributed by atoms with Gasteiger partial charge in [0.05, 0.1) is 11.5 Å². The monoisotopic (exact) mass is 463 g/mol. The molecular weight excluding hydrogens is 438 g/mol. The van der Waals surface area contributed by atoms with E-state index in [-0.39, 0.29) is 22.2 Å². The largest absolute Gasteiger partial charge is 0.417 e. The topological polar surface area (TPSA) is 69.6 Å². The van der Waals surface area contributed by atoms with E-state index in [9.17, 15) is 17.6 Å². The third kappa shape index (κ3) is 3.45. The second-order valence-corrected chi connectivity index (χ2v) is 9.52. The van der Waals surface area contributed by atoms with Crippen LogP contribution in [-0.4, -0.2) is 31.6 Å². The second-order valence-electron chi connectivity index (χ2n) is 9.52. The summed E-state index contributed by atoms with van der Waals surface area (Å²) in [5.74, 6) is 1.49. The summed E-state index contributed by atoms with van der Waals surface area (Å²) in [5.41, 5.74) is -1.13. The lowest BCUT2D eigenvalue weighted by molar-refractivity contribution is -0.137. The van der Waals surface area contributed by atoms with Crippen LogP contribution in [0, 0.1) is 0 Å². The second kappa shape index (κ2) is 7.63. The van der Waals surface area contributed by atoms with E-state index >= 15 is 0 Å². The minimum atomic E-state index is -4.47. The Bertz CT molecular complexity index is 1140. The minimum absolute atomic E-state index is 0.0323. The number of benzene rings is 1.